The summed E-state index contributed by atoms with van der Waals surface area (Å²) in [4.78, 5) is -0.743. The van der Waals surface area contributed by atoms with E-state index in [9.17, 15) is 12.8 Å². The van der Waals surface area contributed by atoms with Crippen molar-refractivity contribution in [1.29, 1.82) is 0 Å². The molecule has 0 heterocycles. The minimum Gasteiger partial charge on any atom is -0.505 e. The summed E-state index contributed by atoms with van der Waals surface area (Å²) in [5.41, 5.74) is 0. The van der Waals surface area contributed by atoms with Crippen molar-refractivity contribution in [3.63, 3.8) is 0 Å². The van der Waals surface area contributed by atoms with Crippen LogP contribution in [0.4, 0.5) is 4.39 Å². The van der Waals surface area contributed by atoms with Crippen LogP contribution in [0.1, 0.15) is 0 Å². The van der Waals surface area contributed by atoms with Crippen LogP contribution >= 0.6 is 15.9 Å². The molecule has 1 rings (SSSR count). The van der Waals surface area contributed by atoms with Crippen molar-refractivity contribution < 1.29 is 17.9 Å². The molecule has 0 spiro atoms. The third kappa shape index (κ3) is 1.98. The third-order valence-corrected chi connectivity index (χ3v) is 3.20. The van der Waals surface area contributed by atoms with Gasteiger partial charge in [-0.3, -0.25) is 0 Å². The average Bonchev–Trinajstić information content (AvgIpc) is 1.95. The number of rotatable bonds is 1. The Morgan fingerprint density at radius 2 is 2.00 bits per heavy atom. The number of hydrogen-bond donors (Lipinski definition) is 2. The molecule has 0 aliphatic rings. The summed E-state index contributed by atoms with van der Waals surface area (Å²) in [6.45, 7) is 0. The van der Waals surface area contributed by atoms with Crippen molar-refractivity contribution in [2.75, 3.05) is 0 Å². The number of sulfonamides is 1. The molecule has 72 valence electrons. The Hall–Kier alpha value is -0.660. The van der Waals surface area contributed by atoms with Crippen LogP contribution in [0.5, 0.6) is 5.75 Å². The standard InChI is InChI=1S/C6H5BrFNO3S/c7-3-1-2-4(10)5(8)6(3)13(9,11)12/h1-2,10H,(H2,9,11,12). The molecule has 13 heavy (non-hydrogen) atoms. The number of benzene rings is 1. The van der Waals surface area contributed by atoms with Crippen molar-refractivity contribution >= 4 is 26.0 Å². The molecule has 0 unspecified atom stereocenters. The largest absolute Gasteiger partial charge is 0.505 e. The van der Waals surface area contributed by atoms with E-state index in [0.717, 1.165) is 6.07 Å². The van der Waals surface area contributed by atoms with E-state index >= 15 is 0 Å². The molecule has 0 atom stereocenters. The molecule has 0 radical (unpaired) electrons. The number of phenolic OH excluding ortho intramolecular Hbond substituents is 1. The zero-order valence-electron chi connectivity index (χ0n) is 6.16. The van der Waals surface area contributed by atoms with E-state index in [2.05, 4.69) is 15.9 Å². The maximum absolute atomic E-state index is 13.0. The molecule has 0 bridgehead atoms. The number of phenols is 1. The highest BCUT2D eigenvalue weighted by Gasteiger charge is 2.20. The molecule has 1 aromatic carbocycles. The predicted molar refractivity (Wildman–Crippen MR) is 47.1 cm³/mol. The summed E-state index contributed by atoms with van der Waals surface area (Å²) >= 11 is 2.81. The lowest BCUT2D eigenvalue weighted by Gasteiger charge is -2.04. The highest BCUT2D eigenvalue weighted by molar-refractivity contribution is 9.10. The lowest BCUT2D eigenvalue weighted by atomic mass is 10.3. The van der Waals surface area contributed by atoms with E-state index in [1.54, 1.807) is 0 Å². The van der Waals surface area contributed by atoms with Crippen molar-refractivity contribution in [3.8, 4) is 5.75 Å². The maximum atomic E-state index is 13.0. The Morgan fingerprint density at radius 3 is 2.38 bits per heavy atom. The Labute approximate surface area is 82.4 Å². The lowest BCUT2D eigenvalue weighted by molar-refractivity contribution is 0.422. The Balaban J connectivity index is 3.62. The van der Waals surface area contributed by atoms with Gasteiger partial charge < -0.3 is 5.11 Å². The molecule has 0 aliphatic carbocycles. The van der Waals surface area contributed by atoms with Crippen LogP contribution in [-0.2, 0) is 10.0 Å². The summed E-state index contributed by atoms with van der Waals surface area (Å²) in [5.74, 6) is -2.01. The van der Waals surface area contributed by atoms with Gasteiger partial charge >= 0.3 is 0 Å². The predicted octanol–water partition coefficient (Wildman–Crippen LogP) is 0.941. The quantitative estimate of drug-likeness (QED) is 0.796. The average molecular weight is 270 g/mol. The first-order valence-electron chi connectivity index (χ1n) is 3.04. The monoisotopic (exact) mass is 269 g/mol. The third-order valence-electron chi connectivity index (χ3n) is 1.31. The highest BCUT2D eigenvalue weighted by atomic mass is 79.9. The number of nitrogens with two attached hydrogens (primary N) is 1. The van der Waals surface area contributed by atoms with Gasteiger partial charge in [0, 0.05) is 4.47 Å². The summed E-state index contributed by atoms with van der Waals surface area (Å²) in [6.07, 6.45) is 0. The van der Waals surface area contributed by atoms with Gasteiger partial charge in [0.25, 0.3) is 0 Å². The second kappa shape index (κ2) is 3.24. The topological polar surface area (TPSA) is 80.4 Å². The van der Waals surface area contributed by atoms with E-state index in [1.165, 1.54) is 6.07 Å². The van der Waals surface area contributed by atoms with Crippen LogP contribution in [0.2, 0.25) is 0 Å². The minimum atomic E-state index is -4.17. The van der Waals surface area contributed by atoms with Gasteiger partial charge in [0.15, 0.2) is 11.6 Å². The van der Waals surface area contributed by atoms with E-state index < -0.39 is 26.5 Å². The molecule has 7 heteroatoms. The molecule has 0 saturated heterocycles. The van der Waals surface area contributed by atoms with E-state index in [-0.39, 0.29) is 4.47 Å². The zero-order valence-corrected chi connectivity index (χ0v) is 8.56. The van der Waals surface area contributed by atoms with Crippen molar-refractivity contribution in [1.82, 2.24) is 0 Å². The second-order valence-electron chi connectivity index (χ2n) is 2.25. The van der Waals surface area contributed by atoms with Crippen LogP contribution < -0.4 is 5.14 Å². The second-order valence-corrected chi connectivity index (χ2v) is 4.61. The molecule has 1 aromatic rings. The molecule has 4 nitrogen and oxygen atoms in total. The van der Waals surface area contributed by atoms with Gasteiger partial charge in [-0.25, -0.2) is 17.9 Å². The van der Waals surface area contributed by atoms with Crippen LogP contribution in [0.25, 0.3) is 0 Å². The maximum Gasteiger partial charge on any atom is 0.242 e. The normalized spacial score (nSPS) is 11.6. The van der Waals surface area contributed by atoms with Gasteiger partial charge in [-0.05, 0) is 28.1 Å². The number of aromatic hydroxyl groups is 1. The van der Waals surface area contributed by atoms with Gasteiger partial charge in [-0.2, -0.15) is 0 Å². The Bertz CT molecular complexity index is 445. The fourth-order valence-electron chi connectivity index (χ4n) is 0.783. The van der Waals surface area contributed by atoms with Crippen molar-refractivity contribution in [2.24, 2.45) is 5.14 Å². The van der Waals surface area contributed by atoms with Gasteiger partial charge in [-0.1, -0.05) is 0 Å². The van der Waals surface area contributed by atoms with Crippen LogP contribution in [0.15, 0.2) is 21.5 Å². The fraction of sp³-hybridized carbons (Fsp3) is 0. The van der Waals surface area contributed by atoms with Crippen molar-refractivity contribution in [3.05, 3.63) is 22.4 Å². The first kappa shape index (κ1) is 10.4. The van der Waals surface area contributed by atoms with Gasteiger partial charge in [0.05, 0.1) is 0 Å². The molecule has 0 amide bonds. The fourth-order valence-corrected chi connectivity index (χ4v) is 2.46. The SMILES string of the molecule is NS(=O)(=O)c1c(Br)ccc(O)c1F. The smallest absolute Gasteiger partial charge is 0.242 e. The molecule has 0 aliphatic heterocycles. The zero-order chi connectivity index (χ0) is 10.2. The molecule has 0 saturated carbocycles. The summed E-state index contributed by atoms with van der Waals surface area (Å²) in [5, 5.41) is 13.6. The lowest BCUT2D eigenvalue weighted by Crippen LogP contribution is -2.14. The first-order chi connectivity index (χ1) is 5.84. The minimum absolute atomic E-state index is 0.0229. The van der Waals surface area contributed by atoms with Gasteiger partial charge in [0.1, 0.15) is 4.90 Å². The Kier molecular flexibility index (Phi) is 2.60. The summed E-state index contributed by atoms with van der Waals surface area (Å²) < 4.78 is 34.6. The molecule has 3 N–H and O–H groups in total. The number of hydrogen-bond acceptors (Lipinski definition) is 3. The van der Waals surface area contributed by atoms with E-state index in [0.29, 0.717) is 0 Å². The summed E-state index contributed by atoms with van der Waals surface area (Å²) in [7, 11) is -4.17. The number of halogens is 2. The van der Waals surface area contributed by atoms with Crippen molar-refractivity contribution in [2.45, 2.75) is 4.90 Å². The molecule has 0 fully saturated rings. The van der Waals surface area contributed by atoms with Gasteiger partial charge in [-0.15, -0.1) is 0 Å². The van der Waals surface area contributed by atoms with Crippen LogP contribution in [-0.4, -0.2) is 13.5 Å². The van der Waals surface area contributed by atoms with Crippen LogP contribution in [0, 0.1) is 5.82 Å². The molecule has 0 aromatic heterocycles. The summed E-state index contributed by atoms with van der Waals surface area (Å²) in [6, 6.07) is 2.21. The molecular formula is C6H5BrFNO3S. The van der Waals surface area contributed by atoms with E-state index in [1.807, 2.05) is 0 Å². The van der Waals surface area contributed by atoms with E-state index in [4.69, 9.17) is 10.2 Å². The first-order valence-corrected chi connectivity index (χ1v) is 5.37. The highest BCUT2D eigenvalue weighted by Crippen LogP contribution is 2.29. The van der Waals surface area contributed by atoms with Crippen LogP contribution in [0.3, 0.4) is 0 Å². The molecular weight excluding hydrogens is 265 g/mol. The van der Waals surface area contributed by atoms with Gasteiger partial charge in [0.2, 0.25) is 10.0 Å². The number of primary sulfonamides is 1. The Morgan fingerprint density at radius 1 is 1.46 bits per heavy atom.